The Kier molecular flexibility index (Phi) is 3.28. The number of hydrogen-bond acceptors (Lipinski definition) is 6. The number of carbonyl (C=O) groups is 1. The molecular weight excluding hydrogens is 334 g/mol. The van der Waals surface area contributed by atoms with Crippen LogP contribution in [-0.2, 0) is 11.3 Å². The number of nitrogens with zero attached hydrogens (tertiary/aromatic N) is 5. The molecule has 4 heterocycles. The van der Waals surface area contributed by atoms with Gasteiger partial charge in [-0.3, -0.25) is 14.9 Å². The quantitative estimate of drug-likeness (QED) is 0.519. The molecule has 0 bridgehead atoms. The van der Waals surface area contributed by atoms with E-state index in [-0.39, 0.29) is 11.7 Å². The molecule has 0 aliphatic carbocycles. The molecule has 10 heteroatoms. The second-order valence-corrected chi connectivity index (χ2v) is 5.39. The van der Waals surface area contributed by atoms with Crippen molar-refractivity contribution in [3.63, 3.8) is 0 Å². The van der Waals surface area contributed by atoms with Crippen molar-refractivity contribution in [2.75, 3.05) is 5.32 Å². The van der Waals surface area contributed by atoms with Gasteiger partial charge in [0.05, 0.1) is 22.8 Å². The van der Waals surface area contributed by atoms with Crippen molar-refractivity contribution >= 4 is 51.1 Å². The molecule has 3 N–H and O–H groups in total. The number of rotatable bonds is 4. The first kappa shape index (κ1) is 14.4. The normalized spacial score (nSPS) is 11.2. The Morgan fingerprint density at radius 2 is 2.29 bits per heavy atom. The van der Waals surface area contributed by atoms with Crippen molar-refractivity contribution in [2.24, 2.45) is 0 Å². The molecule has 4 aromatic heterocycles. The maximum Gasteiger partial charge on any atom is 0.325 e. The largest absolute Gasteiger partial charge is 0.480 e. The first-order chi connectivity index (χ1) is 11.6. The molecule has 0 aromatic carbocycles. The second kappa shape index (κ2) is 5.46. The molecular formula is C14H10ClN7O2. The number of pyridine rings is 2. The van der Waals surface area contributed by atoms with Crippen LogP contribution in [0.4, 0.5) is 11.5 Å². The Labute approximate surface area is 139 Å². The zero-order valence-corrected chi connectivity index (χ0v) is 12.8. The van der Waals surface area contributed by atoms with E-state index in [1.807, 2.05) is 12.1 Å². The third-order valence-corrected chi connectivity index (χ3v) is 3.69. The van der Waals surface area contributed by atoms with E-state index < -0.39 is 5.97 Å². The summed E-state index contributed by atoms with van der Waals surface area (Å²) in [5, 5.41) is 23.8. The number of halogens is 1. The van der Waals surface area contributed by atoms with E-state index in [0.29, 0.717) is 28.1 Å². The maximum absolute atomic E-state index is 10.9. The Hall–Kier alpha value is -3.20. The third-order valence-electron chi connectivity index (χ3n) is 3.41. The number of anilines is 2. The molecule has 0 fully saturated rings. The van der Waals surface area contributed by atoms with E-state index in [9.17, 15) is 4.79 Å². The predicted molar refractivity (Wildman–Crippen MR) is 87.3 cm³/mol. The average Bonchev–Trinajstić information content (AvgIpc) is 3.09. The molecule has 4 aromatic rings. The number of hydrogen-bond donors (Lipinski definition) is 3. The molecule has 0 spiro atoms. The molecule has 0 aliphatic heterocycles. The van der Waals surface area contributed by atoms with Crippen molar-refractivity contribution in [1.82, 2.24) is 29.9 Å². The number of aromatic amines is 1. The summed E-state index contributed by atoms with van der Waals surface area (Å²) in [6.45, 7) is -0.309. The number of aromatic nitrogens is 6. The molecule has 0 saturated carbocycles. The van der Waals surface area contributed by atoms with Gasteiger partial charge in [0.15, 0.2) is 16.6 Å². The van der Waals surface area contributed by atoms with Crippen LogP contribution in [0.5, 0.6) is 0 Å². The number of aliphatic carboxylic acids is 1. The van der Waals surface area contributed by atoms with Crippen LogP contribution in [0, 0.1) is 0 Å². The smallest absolute Gasteiger partial charge is 0.325 e. The summed E-state index contributed by atoms with van der Waals surface area (Å²) in [5.41, 5.74) is 2.54. The topological polar surface area (TPSA) is 122 Å². The average molecular weight is 344 g/mol. The molecule has 0 amide bonds. The molecule has 0 unspecified atom stereocenters. The number of carboxylic acid groups (broad SMARTS) is 1. The first-order valence-electron chi connectivity index (χ1n) is 6.92. The van der Waals surface area contributed by atoms with Crippen LogP contribution in [0.1, 0.15) is 0 Å². The Morgan fingerprint density at radius 3 is 3.12 bits per heavy atom. The number of fused-ring (bicyclic) bond motifs is 2. The van der Waals surface area contributed by atoms with E-state index in [2.05, 4.69) is 30.6 Å². The van der Waals surface area contributed by atoms with Crippen LogP contribution in [0.3, 0.4) is 0 Å². The van der Waals surface area contributed by atoms with Gasteiger partial charge in [-0.25, -0.2) is 9.67 Å². The Bertz CT molecular complexity index is 1070. The zero-order valence-electron chi connectivity index (χ0n) is 12.1. The van der Waals surface area contributed by atoms with Crippen LogP contribution in [0.15, 0.2) is 30.6 Å². The van der Waals surface area contributed by atoms with Gasteiger partial charge in [-0.15, -0.1) is 0 Å². The molecule has 0 radical (unpaired) electrons. The first-order valence-corrected chi connectivity index (χ1v) is 7.29. The fourth-order valence-electron chi connectivity index (χ4n) is 2.41. The summed E-state index contributed by atoms with van der Waals surface area (Å²) < 4.78 is 1.25. The molecule has 24 heavy (non-hydrogen) atoms. The summed E-state index contributed by atoms with van der Waals surface area (Å²) in [7, 11) is 0. The lowest BCUT2D eigenvalue weighted by Crippen LogP contribution is -2.10. The summed E-state index contributed by atoms with van der Waals surface area (Å²) in [5.74, 6) is -0.463. The standard InChI is InChI=1S/C14H10ClN7O2/c15-12-8-4-7(5-17-14(8)22(21-12)6-10(23)24)18-13-11-9(19-20-13)2-1-3-16-11/h1-5H,6H2,(H,23,24)(H2,18,19,20). The van der Waals surface area contributed by atoms with Gasteiger partial charge in [0.1, 0.15) is 12.1 Å². The van der Waals surface area contributed by atoms with Crippen LogP contribution in [-0.4, -0.2) is 41.0 Å². The van der Waals surface area contributed by atoms with Gasteiger partial charge in [-0.05, 0) is 18.2 Å². The second-order valence-electron chi connectivity index (χ2n) is 5.03. The lowest BCUT2D eigenvalue weighted by molar-refractivity contribution is -0.137. The molecule has 120 valence electrons. The maximum atomic E-state index is 10.9. The zero-order chi connectivity index (χ0) is 16.7. The van der Waals surface area contributed by atoms with Crippen LogP contribution >= 0.6 is 11.6 Å². The van der Waals surface area contributed by atoms with Gasteiger partial charge in [-0.1, -0.05) is 11.6 Å². The Morgan fingerprint density at radius 1 is 1.42 bits per heavy atom. The van der Waals surface area contributed by atoms with Gasteiger partial charge < -0.3 is 10.4 Å². The van der Waals surface area contributed by atoms with Crippen molar-refractivity contribution in [1.29, 1.82) is 0 Å². The fraction of sp³-hybridized carbons (Fsp3) is 0.0714. The van der Waals surface area contributed by atoms with Crippen molar-refractivity contribution in [3.8, 4) is 0 Å². The molecule has 0 atom stereocenters. The van der Waals surface area contributed by atoms with Gasteiger partial charge in [-0.2, -0.15) is 10.2 Å². The van der Waals surface area contributed by atoms with Crippen molar-refractivity contribution < 1.29 is 9.90 Å². The van der Waals surface area contributed by atoms with Gasteiger partial charge in [0.2, 0.25) is 0 Å². The summed E-state index contributed by atoms with van der Waals surface area (Å²) >= 11 is 6.08. The van der Waals surface area contributed by atoms with E-state index in [0.717, 1.165) is 5.52 Å². The van der Waals surface area contributed by atoms with Crippen LogP contribution in [0.25, 0.3) is 22.1 Å². The SMILES string of the molecule is O=C(O)Cn1nc(Cl)c2cc(Nc3n[nH]c4cccnc34)cnc21. The van der Waals surface area contributed by atoms with E-state index in [1.54, 1.807) is 18.5 Å². The van der Waals surface area contributed by atoms with Crippen LogP contribution < -0.4 is 5.32 Å². The molecule has 9 nitrogen and oxygen atoms in total. The molecule has 0 saturated heterocycles. The molecule has 0 aliphatic rings. The highest BCUT2D eigenvalue weighted by atomic mass is 35.5. The lowest BCUT2D eigenvalue weighted by atomic mass is 10.3. The van der Waals surface area contributed by atoms with Crippen molar-refractivity contribution in [2.45, 2.75) is 6.54 Å². The monoisotopic (exact) mass is 343 g/mol. The highest BCUT2D eigenvalue weighted by molar-refractivity contribution is 6.34. The van der Waals surface area contributed by atoms with Crippen molar-refractivity contribution in [3.05, 3.63) is 35.7 Å². The predicted octanol–water partition coefficient (Wildman–Crippen LogP) is 2.18. The minimum Gasteiger partial charge on any atom is -0.480 e. The molecule has 4 rings (SSSR count). The summed E-state index contributed by atoms with van der Waals surface area (Å²) in [4.78, 5) is 19.4. The van der Waals surface area contributed by atoms with Gasteiger partial charge in [0.25, 0.3) is 0 Å². The highest BCUT2D eigenvalue weighted by Crippen LogP contribution is 2.27. The van der Waals surface area contributed by atoms with Gasteiger partial charge >= 0.3 is 5.97 Å². The van der Waals surface area contributed by atoms with E-state index in [4.69, 9.17) is 16.7 Å². The van der Waals surface area contributed by atoms with Crippen LogP contribution in [0.2, 0.25) is 5.15 Å². The minimum atomic E-state index is -1.02. The highest BCUT2D eigenvalue weighted by Gasteiger charge is 2.14. The Balaban J connectivity index is 1.73. The number of H-pyrrole nitrogens is 1. The fourth-order valence-corrected chi connectivity index (χ4v) is 2.64. The van der Waals surface area contributed by atoms with E-state index >= 15 is 0 Å². The minimum absolute atomic E-state index is 0.187. The third kappa shape index (κ3) is 2.40. The summed E-state index contributed by atoms with van der Waals surface area (Å²) in [6.07, 6.45) is 3.24. The lowest BCUT2D eigenvalue weighted by Gasteiger charge is -2.03. The van der Waals surface area contributed by atoms with E-state index in [1.165, 1.54) is 4.68 Å². The number of nitrogens with one attached hydrogen (secondary N) is 2. The summed E-state index contributed by atoms with van der Waals surface area (Å²) in [6, 6.07) is 5.42. The van der Waals surface area contributed by atoms with Gasteiger partial charge in [0, 0.05) is 6.20 Å². The number of carboxylic acids is 1.